The van der Waals surface area contributed by atoms with Crippen molar-refractivity contribution in [3.63, 3.8) is 0 Å². The maximum atomic E-state index is 12.2. The molecule has 0 unspecified atom stereocenters. The molecule has 9 nitrogen and oxygen atoms in total. The SMILES string of the molecule is C[C@H]1[C@@H](CN2CCC(O)(c3ccc(Cl)cc3)CC2)O[C@@H](c2cccc(-c3cccc(CNC(=O)CCCC(=O)O)c3)c2)O[C@H]1c1ccc(CO)cc1. The molecule has 6 rings (SSSR count). The number of hydrogen-bond donors (Lipinski definition) is 4. The molecule has 2 saturated heterocycles. The summed E-state index contributed by atoms with van der Waals surface area (Å²) < 4.78 is 13.5. The van der Waals surface area contributed by atoms with E-state index in [1.54, 1.807) is 0 Å². The van der Waals surface area contributed by atoms with Crippen molar-refractivity contribution >= 4 is 23.5 Å². The van der Waals surface area contributed by atoms with Gasteiger partial charge in [-0.15, -0.1) is 0 Å². The van der Waals surface area contributed by atoms with Crippen LogP contribution in [0.5, 0.6) is 0 Å². The Morgan fingerprint density at radius 2 is 1.56 bits per heavy atom. The molecule has 4 atom stereocenters. The molecule has 2 aliphatic rings. The fourth-order valence-electron chi connectivity index (χ4n) is 7.15. The Bertz CT molecular complexity index is 1810. The highest BCUT2D eigenvalue weighted by Crippen LogP contribution is 2.43. The van der Waals surface area contributed by atoms with Crippen molar-refractivity contribution in [1.82, 2.24) is 10.2 Å². The van der Waals surface area contributed by atoms with Gasteiger partial charge in [0, 0.05) is 55.5 Å². The molecular formula is C42H47ClN2O7. The van der Waals surface area contributed by atoms with Crippen molar-refractivity contribution in [3.8, 4) is 11.1 Å². The van der Waals surface area contributed by atoms with Crippen molar-refractivity contribution in [1.29, 1.82) is 0 Å². The zero-order valence-electron chi connectivity index (χ0n) is 29.4. The Hall–Kier alpha value is -4.09. The highest BCUT2D eigenvalue weighted by molar-refractivity contribution is 6.30. The van der Waals surface area contributed by atoms with Crippen LogP contribution in [0.2, 0.25) is 5.02 Å². The molecule has 4 N–H and O–H groups in total. The molecular weight excluding hydrogens is 680 g/mol. The molecule has 2 fully saturated rings. The number of benzene rings is 4. The summed E-state index contributed by atoms with van der Waals surface area (Å²) in [6.07, 6.45) is 0.622. The summed E-state index contributed by atoms with van der Waals surface area (Å²) in [6, 6.07) is 31.5. The van der Waals surface area contributed by atoms with E-state index in [4.69, 9.17) is 26.2 Å². The van der Waals surface area contributed by atoms with Crippen LogP contribution in [0.4, 0.5) is 0 Å². The van der Waals surface area contributed by atoms with Gasteiger partial charge >= 0.3 is 5.97 Å². The van der Waals surface area contributed by atoms with Crippen molar-refractivity contribution < 1.29 is 34.4 Å². The third kappa shape index (κ3) is 9.46. The highest BCUT2D eigenvalue weighted by Gasteiger charge is 2.41. The Morgan fingerprint density at radius 3 is 2.25 bits per heavy atom. The van der Waals surface area contributed by atoms with E-state index in [0.717, 1.165) is 52.0 Å². The van der Waals surface area contributed by atoms with E-state index in [-0.39, 0.29) is 43.5 Å². The number of likely N-dealkylation sites (tertiary alicyclic amines) is 1. The number of aliphatic hydroxyl groups is 2. The predicted octanol–water partition coefficient (Wildman–Crippen LogP) is 7.15. The maximum Gasteiger partial charge on any atom is 0.303 e. The minimum Gasteiger partial charge on any atom is -0.481 e. The number of nitrogens with zero attached hydrogens (tertiary/aromatic N) is 1. The number of rotatable bonds is 13. The summed E-state index contributed by atoms with van der Waals surface area (Å²) in [4.78, 5) is 25.4. The molecule has 0 saturated carbocycles. The van der Waals surface area contributed by atoms with Gasteiger partial charge in [0.1, 0.15) is 0 Å². The predicted molar refractivity (Wildman–Crippen MR) is 199 cm³/mol. The molecule has 2 heterocycles. The van der Waals surface area contributed by atoms with Crippen LogP contribution in [-0.2, 0) is 37.8 Å². The number of carbonyl (C=O) groups excluding carboxylic acids is 1. The van der Waals surface area contributed by atoms with Gasteiger partial charge in [0.15, 0.2) is 6.29 Å². The second-order valence-corrected chi connectivity index (χ2v) is 14.4. The first-order valence-electron chi connectivity index (χ1n) is 18.0. The van der Waals surface area contributed by atoms with Gasteiger partial charge in [0.2, 0.25) is 5.91 Å². The van der Waals surface area contributed by atoms with E-state index in [0.29, 0.717) is 37.4 Å². The number of carboxylic acid groups (broad SMARTS) is 1. The fraction of sp³-hybridized carbons (Fsp3) is 0.381. The molecule has 0 spiro atoms. The molecule has 0 aliphatic carbocycles. The first-order chi connectivity index (χ1) is 25.1. The lowest BCUT2D eigenvalue weighted by Gasteiger charge is -2.45. The third-order valence-corrected chi connectivity index (χ3v) is 10.6. The number of halogens is 1. The van der Waals surface area contributed by atoms with Gasteiger partial charge in [-0.25, -0.2) is 0 Å². The van der Waals surface area contributed by atoms with E-state index >= 15 is 0 Å². The standard InChI is InChI=1S/C42H47ClN2O7/c1-28-37(26-45-21-19-42(50,20-22-45)35-15-17-36(43)18-16-35)51-41(52-40(28)31-13-11-29(27-46)12-14-31)34-8-3-7-33(24-34)32-6-2-5-30(23-32)25-44-38(47)9-4-10-39(48)49/h2-3,5-8,11-18,23-24,28,37,40-41,46,50H,4,9-10,19-22,25-27H2,1H3,(H,44,47)(H,48,49)/t28-,37+,40+,41+/m0/s1. The van der Waals surface area contributed by atoms with Crippen LogP contribution >= 0.6 is 11.6 Å². The largest absolute Gasteiger partial charge is 0.481 e. The zero-order valence-corrected chi connectivity index (χ0v) is 30.2. The second-order valence-electron chi connectivity index (χ2n) is 14.0. The number of nitrogens with one attached hydrogen (secondary N) is 1. The summed E-state index contributed by atoms with van der Waals surface area (Å²) in [6.45, 7) is 4.61. The summed E-state index contributed by atoms with van der Waals surface area (Å²) in [5.74, 6) is -1.06. The van der Waals surface area contributed by atoms with E-state index in [1.165, 1.54) is 0 Å². The number of carbonyl (C=O) groups is 2. The number of aliphatic carboxylic acids is 1. The number of carboxylic acids is 1. The fourth-order valence-corrected chi connectivity index (χ4v) is 7.28. The van der Waals surface area contributed by atoms with Gasteiger partial charge in [-0.1, -0.05) is 91.3 Å². The molecule has 274 valence electrons. The van der Waals surface area contributed by atoms with E-state index in [9.17, 15) is 19.8 Å². The molecule has 10 heteroatoms. The van der Waals surface area contributed by atoms with Gasteiger partial charge in [0.25, 0.3) is 0 Å². The van der Waals surface area contributed by atoms with Gasteiger partial charge in [-0.05, 0) is 76.9 Å². The van der Waals surface area contributed by atoms with Crippen LogP contribution in [0.3, 0.4) is 0 Å². The number of amides is 1. The summed E-state index contributed by atoms with van der Waals surface area (Å²) in [5, 5.41) is 33.5. The number of ether oxygens (including phenoxy) is 2. The number of piperidine rings is 1. The van der Waals surface area contributed by atoms with E-state index in [1.807, 2.05) is 91.0 Å². The highest BCUT2D eigenvalue weighted by atomic mass is 35.5. The second kappa shape index (κ2) is 17.2. The van der Waals surface area contributed by atoms with Crippen molar-refractivity contribution in [2.45, 2.75) is 76.3 Å². The monoisotopic (exact) mass is 726 g/mol. The third-order valence-electron chi connectivity index (χ3n) is 10.3. The molecule has 0 radical (unpaired) electrons. The van der Waals surface area contributed by atoms with Crippen LogP contribution in [0.15, 0.2) is 97.1 Å². The molecule has 0 aromatic heterocycles. The van der Waals surface area contributed by atoms with Crippen LogP contribution in [-0.4, -0.2) is 57.8 Å². The van der Waals surface area contributed by atoms with Gasteiger partial charge in [-0.2, -0.15) is 0 Å². The molecule has 1 amide bonds. The number of hydrogen-bond acceptors (Lipinski definition) is 7. The van der Waals surface area contributed by atoms with Crippen LogP contribution in [0.1, 0.15) is 79.2 Å². The molecule has 2 aliphatic heterocycles. The van der Waals surface area contributed by atoms with Crippen molar-refractivity contribution in [3.05, 3.63) is 130 Å². The maximum absolute atomic E-state index is 12.2. The quantitative estimate of drug-likeness (QED) is 0.114. The van der Waals surface area contributed by atoms with E-state index in [2.05, 4.69) is 23.2 Å². The summed E-state index contributed by atoms with van der Waals surface area (Å²) in [5.41, 5.74) is 5.64. The Balaban J connectivity index is 1.18. The van der Waals surface area contributed by atoms with Crippen LogP contribution in [0.25, 0.3) is 11.1 Å². The Kier molecular flexibility index (Phi) is 12.4. The molecule has 52 heavy (non-hydrogen) atoms. The van der Waals surface area contributed by atoms with Crippen LogP contribution < -0.4 is 5.32 Å². The Morgan fingerprint density at radius 1 is 0.865 bits per heavy atom. The van der Waals surface area contributed by atoms with Gasteiger partial charge in [0.05, 0.1) is 24.4 Å². The average Bonchev–Trinajstić information content (AvgIpc) is 3.16. The molecule has 4 aromatic carbocycles. The van der Waals surface area contributed by atoms with Gasteiger partial charge in [-0.3, -0.25) is 9.59 Å². The topological polar surface area (TPSA) is 129 Å². The molecule has 4 aromatic rings. The minimum absolute atomic E-state index is 0.0208. The van der Waals surface area contributed by atoms with E-state index < -0.39 is 17.9 Å². The average molecular weight is 727 g/mol. The smallest absolute Gasteiger partial charge is 0.303 e. The first-order valence-corrected chi connectivity index (χ1v) is 18.4. The van der Waals surface area contributed by atoms with Gasteiger partial charge < -0.3 is 35.0 Å². The van der Waals surface area contributed by atoms with Crippen LogP contribution in [0, 0.1) is 5.92 Å². The number of aliphatic hydroxyl groups excluding tert-OH is 1. The summed E-state index contributed by atoms with van der Waals surface area (Å²) >= 11 is 6.10. The normalized spacial score (nSPS) is 21.8. The minimum atomic E-state index is -0.907. The zero-order chi connectivity index (χ0) is 36.7. The lowest BCUT2D eigenvalue weighted by atomic mass is 9.84. The Labute approximate surface area is 310 Å². The lowest BCUT2D eigenvalue weighted by Crippen LogP contribution is -2.49. The lowest BCUT2D eigenvalue weighted by molar-refractivity contribution is -0.277. The first kappa shape index (κ1) is 37.7. The molecule has 0 bridgehead atoms. The van der Waals surface area contributed by atoms with Crippen molar-refractivity contribution in [2.24, 2.45) is 5.92 Å². The van der Waals surface area contributed by atoms with Crippen molar-refractivity contribution in [2.75, 3.05) is 19.6 Å². The summed E-state index contributed by atoms with van der Waals surface area (Å²) in [7, 11) is 0.